The molecule has 0 bridgehead atoms. The number of aromatic nitrogens is 1. The summed E-state index contributed by atoms with van der Waals surface area (Å²) in [5.41, 5.74) is 2.40. The van der Waals surface area contributed by atoms with Crippen LogP contribution in [0.25, 0.3) is 10.9 Å². The van der Waals surface area contributed by atoms with E-state index < -0.39 is 5.82 Å². The molecule has 0 aliphatic heterocycles. The van der Waals surface area contributed by atoms with Gasteiger partial charge in [-0.05, 0) is 30.7 Å². The SMILES string of the molecule is Cc1ccccc1NC(=O)c1cnc2c(F)cccc2c1. The number of fused-ring (bicyclic) bond motifs is 1. The summed E-state index contributed by atoms with van der Waals surface area (Å²) in [6.07, 6.45) is 1.39. The number of rotatable bonds is 2. The zero-order valence-corrected chi connectivity index (χ0v) is 11.4. The maximum atomic E-state index is 13.6. The number of carbonyl (C=O) groups excluding carboxylic acids is 1. The van der Waals surface area contributed by atoms with E-state index in [9.17, 15) is 9.18 Å². The first-order valence-electron chi connectivity index (χ1n) is 6.56. The van der Waals surface area contributed by atoms with Gasteiger partial charge in [0.15, 0.2) is 0 Å². The van der Waals surface area contributed by atoms with Gasteiger partial charge in [0.05, 0.1) is 5.56 Å². The number of hydrogen-bond donors (Lipinski definition) is 1. The third-order valence-electron chi connectivity index (χ3n) is 3.32. The third kappa shape index (κ3) is 2.60. The van der Waals surface area contributed by atoms with Crippen LogP contribution in [0.1, 0.15) is 15.9 Å². The number of nitrogens with zero attached hydrogens (tertiary/aromatic N) is 1. The molecule has 0 fully saturated rings. The topological polar surface area (TPSA) is 42.0 Å². The third-order valence-corrected chi connectivity index (χ3v) is 3.32. The first-order chi connectivity index (χ1) is 10.1. The Morgan fingerprint density at radius 2 is 1.95 bits per heavy atom. The average molecular weight is 280 g/mol. The van der Waals surface area contributed by atoms with E-state index in [2.05, 4.69) is 10.3 Å². The molecule has 3 nitrogen and oxygen atoms in total. The van der Waals surface area contributed by atoms with Crippen LogP contribution in [0.4, 0.5) is 10.1 Å². The summed E-state index contributed by atoms with van der Waals surface area (Å²) in [6, 6.07) is 13.8. The molecule has 21 heavy (non-hydrogen) atoms. The number of amides is 1. The van der Waals surface area contributed by atoms with Crippen molar-refractivity contribution in [2.24, 2.45) is 0 Å². The van der Waals surface area contributed by atoms with Crippen LogP contribution in [0.5, 0.6) is 0 Å². The number of carbonyl (C=O) groups is 1. The van der Waals surface area contributed by atoms with Crippen molar-refractivity contribution in [3.05, 3.63) is 71.7 Å². The van der Waals surface area contributed by atoms with Gasteiger partial charge >= 0.3 is 0 Å². The fourth-order valence-corrected chi connectivity index (χ4v) is 2.16. The van der Waals surface area contributed by atoms with E-state index in [-0.39, 0.29) is 11.4 Å². The minimum atomic E-state index is -0.390. The van der Waals surface area contributed by atoms with Crippen LogP contribution in [-0.2, 0) is 0 Å². The van der Waals surface area contributed by atoms with Crippen LogP contribution in [-0.4, -0.2) is 10.9 Å². The zero-order chi connectivity index (χ0) is 14.8. The minimum Gasteiger partial charge on any atom is -0.322 e. The molecule has 0 saturated carbocycles. The van der Waals surface area contributed by atoms with Crippen LogP contribution in [0, 0.1) is 12.7 Å². The maximum absolute atomic E-state index is 13.6. The molecule has 0 radical (unpaired) electrons. The molecule has 0 atom stereocenters. The lowest BCUT2D eigenvalue weighted by molar-refractivity contribution is 0.102. The highest BCUT2D eigenvalue weighted by molar-refractivity contribution is 6.06. The Morgan fingerprint density at radius 1 is 1.14 bits per heavy atom. The molecule has 1 amide bonds. The molecule has 3 rings (SSSR count). The number of anilines is 1. The van der Waals surface area contributed by atoms with Crippen molar-refractivity contribution in [2.45, 2.75) is 6.92 Å². The summed E-state index contributed by atoms with van der Waals surface area (Å²) in [7, 11) is 0. The van der Waals surface area contributed by atoms with Crippen molar-refractivity contribution in [1.29, 1.82) is 0 Å². The number of nitrogens with one attached hydrogen (secondary N) is 1. The summed E-state index contributed by atoms with van der Waals surface area (Å²) in [5.74, 6) is -0.652. The Bertz CT molecular complexity index is 830. The Labute approximate surface area is 121 Å². The molecule has 0 aliphatic carbocycles. The number of pyridine rings is 1. The highest BCUT2D eigenvalue weighted by Crippen LogP contribution is 2.18. The van der Waals surface area contributed by atoms with Crippen molar-refractivity contribution in [3.8, 4) is 0 Å². The van der Waals surface area contributed by atoms with E-state index in [1.807, 2.05) is 31.2 Å². The van der Waals surface area contributed by atoms with Gasteiger partial charge in [0.2, 0.25) is 0 Å². The van der Waals surface area contributed by atoms with Crippen LogP contribution in [0.15, 0.2) is 54.7 Å². The second-order valence-corrected chi connectivity index (χ2v) is 4.80. The summed E-state index contributed by atoms with van der Waals surface area (Å²) >= 11 is 0. The normalized spacial score (nSPS) is 10.6. The second kappa shape index (κ2) is 5.32. The lowest BCUT2D eigenvalue weighted by Gasteiger charge is -2.08. The van der Waals surface area contributed by atoms with Gasteiger partial charge in [0, 0.05) is 17.3 Å². The first-order valence-corrected chi connectivity index (χ1v) is 6.56. The molecule has 2 aromatic carbocycles. The number of halogens is 1. The monoisotopic (exact) mass is 280 g/mol. The quantitative estimate of drug-likeness (QED) is 0.772. The van der Waals surface area contributed by atoms with Crippen molar-refractivity contribution in [3.63, 3.8) is 0 Å². The molecule has 0 unspecified atom stereocenters. The van der Waals surface area contributed by atoms with E-state index in [0.717, 1.165) is 11.3 Å². The van der Waals surface area contributed by atoms with E-state index in [1.54, 1.807) is 18.2 Å². The average Bonchev–Trinajstić information content (AvgIpc) is 2.49. The number of benzene rings is 2. The Hall–Kier alpha value is -2.75. The highest BCUT2D eigenvalue weighted by atomic mass is 19.1. The molecular weight excluding hydrogens is 267 g/mol. The first kappa shape index (κ1) is 13.2. The largest absolute Gasteiger partial charge is 0.322 e. The molecule has 1 heterocycles. The number of aryl methyl sites for hydroxylation is 1. The molecule has 0 aliphatic rings. The van der Waals surface area contributed by atoms with Gasteiger partial charge in [0.25, 0.3) is 5.91 Å². The van der Waals surface area contributed by atoms with Crippen LogP contribution >= 0.6 is 0 Å². The fraction of sp³-hybridized carbons (Fsp3) is 0.0588. The smallest absolute Gasteiger partial charge is 0.257 e. The van der Waals surface area contributed by atoms with Crippen molar-refractivity contribution in [1.82, 2.24) is 4.98 Å². The molecular formula is C17H13FN2O. The fourth-order valence-electron chi connectivity index (χ4n) is 2.16. The van der Waals surface area contributed by atoms with E-state index in [0.29, 0.717) is 10.9 Å². The summed E-state index contributed by atoms with van der Waals surface area (Å²) in [4.78, 5) is 16.3. The van der Waals surface area contributed by atoms with Crippen LogP contribution < -0.4 is 5.32 Å². The highest BCUT2D eigenvalue weighted by Gasteiger charge is 2.10. The van der Waals surface area contributed by atoms with Gasteiger partial charge in [-0.3, -0.25) is 9.78 Å². The number of hydrogen-bond acceptors (Lipinski definition) is 2. The molecule has 1 aromatic heterocycles. The number of para-hydroxylation sites is 2. The standard InChI is InChI=1S/C17H13FN2O/c1-11-5-2-3-8-15(11)20-17(21)13-9-12-6-4-7-14(18)16(12)19-10-13/h2-10H,1H3,(H,20,21). The Morgan fingerprint density at radius 3 is 2.76 bits per heavy atom. The molecule has 104 valence electrons. The summed E-state index contributed by atoms with van der Waals surface area (Å²) < 4.78 is 13.6. The van der Waals surface area contributed by atoms with Gasteiger partial charge in [-0.2, -0.15) is 0 Å². The lowest BCUT2D eigenvalue weighted by Crippen LogP contribution is -2.13. The van der Waals surface area contributed by atoms with Gasteiger partial charge in [-0.15, -0.1) is 0 Å². The van der Waals surface area contributed by atoms with Crippen molar-refractivity contribution < 1.29 is 9.18 Å². The van der Waals surface area contributed by atoms with E-state index in [4.69, 9.17) is 0 Å². The van der Waals surface area contributed by atoms with Gasteiger partial charge < -0.3 is 5.32 Å². The molecule has 0 saturated heterocycles. The van der Waals surface area contributed by atoms with E-state index >= 15 is 0 Å². The Kier molecular flexibility index (Phi) is 3.36. The minimum absolute atomic E-state index is 0.261. The van der Waals surface area contributed by atoms with Crippen LogP contribution in [0.3, 0.4) is 0 Å². The molecule has 4 heteroatoms. The zero-order valence-electron chi connectivity index (χ0n) is 11.4. The molecule has 1 N–H and O–H groups in total. The maximum Gasteiger partial charge on any atom is 0.257 e. The van der Waals surface area contributed by atoms with Gasteiger partial charge in [-0.1, -0.05) is 30.3 Å². The van der Waals surface area contributed by atoms with Crippen LogP contribution in [0.2, 0.25) is 0 Å². The molecule has 0 spiro atoms. The lowest BCUT2D eigenvalue weighted by atomic mass is 10.1. The summed E-state index contributed by atoms with van der Waals surface area (Å²) in [5, 5.41) is 3.44. The predicted octanol–water partition coefficient (Wildman–Crippen LogP) is 3.93. The molecule has 3 aromatic rings. The van der Waals surface area contributed by atoms with Gasteiger partial charge in [0.1, 0.15) is 11.3 Å². The summed E-state index contributed by atoms with van der Waals surface area (Å²) in [6.45, 7) is 1.92. The predicted molar refractivity (Wildman–Crippen MR) is 80.8 cm³/mol. The van der Waals surface area contributed by atoms with Gasteiger partial charge in [-0.25, -0.2) is 4.39 Å². The second-order valence-electron chi connectivity index (χ2n) is 4.80. The van der Waals surface area contributed by atoms with Crippen molar-refractivity contribution in [2.75, 3.05) is 5.32 Å². The Balaban J connectivity index is 1.93. The van der Waals surface area contributed by atoms with Crippen molar-refractivity contribution >= 4 is 22.5 Å². The van der Waals surface area contributed by atoms with E-state index in [1.165, 1.54) is 12.3 Å².